The van der Waals surface area contributed by atoms with E-state index in [4.69, 9.17) is 5.11 Å². The van der Waals surface area contributed by atoms with E-state index in [1.165, 1.54) is 0 Å². The van der Waals surface area contributed by atoms with Crippen LogP contribution >= 0.6 is 0 Å². The lowest BCUT2D eigenvalue weighted by molar-refractivity contribution is 0.0667. The van der Waals surface area contributed by atoms with Gasteiger partial charge in [-0.1, -0.05) is 0 Å². The average molecular weight is 223 g/mol. The lowest BCUT2D eigenvalue weighted by Crippen LogP contribution is -2.10. The minimum Gasteiger partial charge on any atom is -0.478 e. The third-order valence-corrected chi connectivity index (χ3v) is 1.67. The second-order valence-electron chi connectivity index (χ2n) is 2.57. The standard InChI is InChI=1S/C8H5F4NO2/c9-6(10)3-1-2-13-5(7(11)12)4(3)8(14)15/h1-2,6-7H,(H,14,15). The van der Waals surface area contributed by atoms with E-state index in [2.05, 4.69) is 4.98 Å². The molecule has 1 N–H and O–H groups in total. The van der Waals surface area contributed by atoms with Crippen LogP contribution in [0.4, 0.5) is 17.6 Å². The number of aromatic carboxylic acids is 1. The van der Waals surface area contributed by atoms with Crippen molar-refractivity contribution in [2.75, 3.05) is 0 Å². The van der Waals surface area contributed by atoms with Gasteiger partial charge in [0.1, 0.15) is 5.69 Å². The molecule has 1 heterocycles. The lowest BCUT2D eigenvalue weighted by atomic mass is 10.1. The normalized spacial score (nSPS) is 11.1. The number of nitrogens with zero attached hydrogens (tertiary/aromatic N) is 1. The Bertz CT molecular complexity index is 355. The van der Waals surface area contributed by atoms with E-state index in [0.29, 0.717) is 6.07 Å². The van der Waals surface area contributed by atoms with Gasteiger partial charge in [0.25, 0.3) is 12.9 Å². The molecule has 0 spiro atoms. The zero-order chi connectivity index (χ0) is 11.6. The number of rotatable bonds is 3. The van der Waals surface area contributed by atoms with Crippen LogP contribution in [-0.4, -0.2) is 16.1 Å². The van der Waals surface area contributed by atoms with Gasteiger partial charge in [0.05, 0.1) is 5.56 Å². The van der Waals surface area contributed by atoms with Crippen molar-refractivity contribution in [3.05, 3.63) is 29.1 Å². The highest BCUT2D eigenvalue weighted by Crippen LogP contribution is 2.29. The summed E-state index contributed by atoms with van der Waals surface area (Å²) in [6.45, 7) is 0. The minimum absolute atomic E-state index is 0.708. The summed E-state index contributed by atoms with van der Waals surface area (Å²) in [6.07, 6.45) is -5.60. The maximum Gasteiger partial charge on any atom is 0.338 e. The Morgan fingerprint density at radius 2 is 1.87 bits per heavy atom. The molecule has 0 aromatic carbocycles. The number of pyridine rings is 1. The van der Waals surface area contributed by atoms with Crippen molar-refractivity contribution in [3.63, 3.8) is 0 Å². The molecule has 0 saturated heterocycles. The molecule has 0 aliphatic rings. The monoisotopic (exact) mass is 223 g/mol. The van der Waals surface area contributed by atoms with Gasteiger partial charge in [-0.05, 0) is 6.07 Å². The van der Waals surface area contributed by atoms with E-state index < -0.39 is 35.6 Å². The van der Waals surface area contributed by atoms with Crippen LogP contribution in [0.15, 0.2) is 12.3 Å². The van der Waals surface area contributed by atoms with E-state index in [0.717, 1.165) is 6.20 Å². The van der Waals surface area contributed by atoms with Crippen LogP contribution in [0, 0.1) is 0 Å². The number of carboxylic acid groups (broad SMARTS) is 1. The van der Waals surface area contributed by atoms with Gasteiger partial charge in [0, 0.05) is 11.8 Å². The second-order valence-corrected chi connectivity index (χ2v) is 2.57. The van der Waals surface area contributed by atoms with Crippen LogP contribution in [0.1, 0.15) is 34.5 Å². The van der Waals surface area contributed by atoms with Crippen molar-refractivity contribution in [2.45, 2.75) is 12.9 Å². The van der Waals surface area contributed by atoms with Gasteiger partial charge in [0.2, 0.25) is 0 Å². The molecule has 0 aliphatic heterocycles. The molecule has 0 fully saturated rings. The lowest BCUT2D eigenvalue weighted by Gasteiger charge is -2.08. The third-order valence-electron chi connectivity index (χ3n) is 1.67. The predicted octanol–water partition coefficient (Wildman–Crippen LogP) is 2.66. The van der Waals surface area contributed by atoms with Gasteiger partial charge in [-0.2, -0.15) is 0 Å². The maximum atomic E-state index is 12.3. The predicted molar refractivity (Wildman–Crippen MR) is 41.1 cm³/mol. The number of alkyl halides is 4. The SMILES string of the molecule is O=C(O)c1c(C(F)F)ccnc1C(F)F. The van der Waals surface area contributed by atoms with Crippen molar-refractivity contribution in [2.24, 2.45) is 0 Å². The van der Waals surface area contributed by atoms with Gasteiger partial charge in [-0.3, -0.25) is 4.98 Å². The van der Waals surface area contributed by atoms with E-state index in [-0.39, 0.29) is 0 Å². The van der Waals surface area contributed by atoms with Crippen LogP contribution < -0.4 is 0 Å². The van der Waals surface area contributed by atoms with Crippen LogP contribution in [0.2, 0.25) is 0 Å². The molecule has 0 aliphatic carbocycles. The number of hydrogen-bond acceptors (Lipinski definition) is 2. The Labute approximate surface area is 81.4 Å². The first-order chi connectivity index (χ1) is 6.95. The highest BCUT2D eigenvalue weighted by molar-refractivity contribution is 5.90. The summed E-state index contributed by atoms with van der Waals surface area (Å²) in [6, 6.07) is 0.708. The zero-order valence-electron chi connectivity index (χ0n) is 7.12. The maximum absolute atomic E-state index is 12.3. The topological polar surface area (TPSA) is 50.2 Å². The fourth-order valence-corrected chi connectivity index (χ4v) is 1.07. The zero-order valence-corrected chi connectivity index (χ0v) is 7.12. The molecule has 0 saturated carbocycles. The number of hydrogen-bond donors (Lipinski definition) is 1. The minimum atomic E-state index is -3.20. The Morgan fingerprint density at radius 3 is 2.27 bits per heavy atom. The molecule has 3 nitrogen and oxygen atoms in total. The highest BCUT2D eigenvalue weighted by atomic mass is 19.3. The van der Waals surface area contributed by atoms with Crippen LogP contribution in [-0.2, 0) is 0 Å². The second kappa shape index (κ2) is 4.24. The summed E-state index contributed by atoms with van der Waals surface area (Å²) in [7, 11) is 0. The molecular weight excluding hydrogens is 218 g/mol. The number of aromatic nitrogens is 1. The Hall–Kier alpha value is -1.66. The van der Waals surface area contributed by atoms with Gasteiger partial charge in [-0.15, -0.1) is 0 Å². The summed E-state index contributed by atoms with van der Waals surface area (Å²) >= 11 is 0. The summed E-state index contributed by atoms with van der Waals surface area (Å²) in [5, 5.41) is 8.54. The van der Waals surface area contributed by atoms with Crippen molar-refractivity contribution in [3.8, 4) is 0 Å². The van der Waals surface area contributed by atoms with Gasteiger partial charge in [-0.25, -0.2) is 22.4 Å². The van der Waals surface area contributed by atoms with E-state index in [9.17, 15) is 22.4 Å². The fraction of sp³-hybridized carbons (Fsp3) is 0.250. The summed E-state index contributed by atoms with van der Waals surface area (Å²) in [4.78, 5) is 13.6. The van der Waals surface area contributed by atoms with Gasteiger partial charge < -0.3 is 5.11 Å². The first-order valence-corrected chi connectivity index (χ1v) is 3.73. The fourth-order valence-electron chi connectivity index (χ4n) is 1.07. The molecule has 15 heavy (non-hydrogen) atoms. The van der Waals surface area contributed by atoms with Crippen molar-refractivity contribution < 1.29 is 27.5 Å². The van der Waals surface area contributed by atoms with Crippen molar-refractivity contribution in [1.82, 2.24) is 4.98 Å². The smallest absolute Gasteiger partial charge is 0.338 e. The molecule has 1 aromatic rings. The molecule has 1 rings (SSSR count). The first-order valence-electron chi connectivity index (χ1n) is 3.73. The molecule has 0 amide bonds. The molecule has 82 valence electrons. The highest BCUT2D eigenvalue weighted by Gasteiger charge is 2.26. The van der Waals surface area contributed by atoms with Crippen LogP contribution in [0.5, 0.6) is 0 Å². The van der Waals surface area contributed by atoms with Crippen LogP contribution in [0.3, 0.4) is 0 Å². The van der Waals surface area contributed by atoms with E-state index >= 15 is 0 Å². The van der Waals surface area contributed by atoms with E-state index in [1.54, 1.807) is 0 Å². The summed E-state index contributed by atoms with van der Waals surface area (Å²) in [5.41, 5.74) is -3.21. The average Bonchev–Trinajstić information content (AvgIpc) is 2.16. The quantitative estimate of drug-likeness (QED) is 0.801. The van der Waals surface area contributed by atoms with Gasteiger partial charge >= 0.3 is 5.97 Å². The number of halogens is 4. The largest absolute Gasteiger partial charge is 0.478 e. The number of carboxylic acids is 1. The summed E-state index contributed by atoms with van der Waals surface area (Å²) in [5.74, 6) is -1.84. The molecular formula is C8H5F4NO2. The Morgan fingerprint density at radius 1 is 1.27 bits per heavy atom. The van der Waals surface area contributed by atoms with E-state index in [1.807, 2.05) is 0 Å². The Kier molecular flexibility index (Phi) is 3.23. The first kappa shape index (κ1) is 11.4. The molecule has 0 unspecified atom stereocenters. The van der Waals surface area contributed by atoms with Crippen molar-refractivity contribution in [1.29, 1.82) is 0 Å². The Balaban J connectivity index is 3.42. The summed E-state index contributed by atoms with van der Waals surface area (Å²) < 4.78 is 49.1. The molecule has 0 bridgehead atoms. The van der Waals surface area contributed by atoms with Gasteiger partial charge in [0.15, 0.2) is 0 Å². The molecule has 7 heteroatoms. The van der Waals surface area contributed by atoms with Crippen molar-refractivity contribution >= 4 is 5.97 Å². The molecule has 0 radical (unpaired) electrons. The molecule has 1 aromatic heterocycles. The number of carbonyl (C=O) groups is 1. The third kappa shape index (κ3) is 2.23. The molecule has 0 atom stereocenters. The van der Waals surface area contributed by atoms with Crippen LogP contribution in [0.25, 0.3) is 0 Å².